The topological polar surface area (TPSA) is 145 Å². The summed E-state index contributed by atoms with van der Waals surface area (Å²) < 4.78 is 38.6. The second-order valence-electron chi connectivity index (χ2n) is 8.91. The second kappa shape index (κ2) is 16.9. The Morgan fingerprint density at radius 2 is 1.24 bits per heavy atom. The summed E-state index contributed by atoms with van der Waals surface area (Å²) in [5.74, 6) is -4.78. The average molecular weight is 602 g/mol. The molecule has 224 valence electrons. The van der Waals surface area contributed by atoms with Gasteiger partial charge < -0.3 is 30.1 Å². The van der Waals surface area contributed by atoms with Crippen LogP contribution in [-0.2, 0) is 14.4 Å². The van der Waals surface area contributed by atoms with Gasteiger partial charge in [-0.25, -0.2) is 4.79 Å². The average Bonchev–Trinajstić information content (AvgIpc) is 2.99. The normalized spacial score (nSPS) is 13.7. The van der Waals surface area contributed by atoms with Crippen LogP contribution in [0.3, 0.4) is 0 Å². The molecule has 0 aliphatic carbocycles. The summed E-state index contributed by atoms with van der Waals surface area (Å²) in [6, 6.07) is 26.4. The van der Waals surface area contributed by atoms with E-state index in [1.54, 1.807) is 26.0 Å². The Kier molecular flexibility index (Phi) is 11.3. The quantitative estimate of drug-likeness (QED) is 0.181. The highest BCUT2D eigenvalue weighted by molar-refractivity contribution is 6.53. The molecule has 3 aromatic carbocycles. The molecule has 0 radical (unpaired) electrons. The van der Waals surface area contributed by atoms with Crippen LogP contribution in [0.15, 0.2) is 84.9 Å². The molecular formula is C32H36ClNO8. The number of benzene rings is 3. The van der Waals surface area contributed by atoms with Gasteiger partial charge >= 0.3 is 17.9 Å². The van der Waals surface area contributed by atoms with Crippen LogP contribution < -0.4 is 4.74 Å². The predicted octanol–water partition coefficient (Wildman–Crippen LogP) is 5.31. The zero-order chi connectivity index (χ0) is 34.7. The number of halogens is 1. The van der Waals surface area contributed by atoms with Crippen LogP contribution in [-0.4, -0.2) is 75.0 Å². The molecule has 10 heteroatoms. The van der Waals surface area contributed by atoms with E-state index in [1.807, 2.05) is 72.8 Å². The zero-order valence-electron chi connectivity index (χ0n) is 27.2. The maximum Gasteiger partial charge on any atom is 0.336 e. The number of ether oxygens (including phenoxy) is 1. The molecule has 0 fully saturated rings. The molecule has 3 aromatic rings. The lowest BCUT2D eigenvalue weighted by Gasteiger charge is -2.18. The third-order valence-electron chi connectivity index (χ3n) is 5.87. The Balaban J connectivity index is 0.000000479. The lowest BCUT2D eigenvalue weighted by Crippen LogP contribution is -2.42. The van der Waals surface area contributed by atoms with Crippen LogP contribution in [0.5, 0.6) is 5.75 Å². The van der Waals surface area contributed by atoms with Crippen molar-refractivity contribution in [3.63, 3.8) is 0 Å². The molecule has 42 heavy (non-hydrogen) atoms. The lowest BCUT2D eigenvalue weighted by molar-refractivity contribution is -0.170. The van der Waals surface area contributed by atoms with E-state index < -0.39 is 49.4 Å². The minimum absolute atomic E-state index is 0.239. The summed E-state index contributed by atoms with van der Waals surface area (Å²) in [6.07, 6.45) is -2.29. The van der Waals surface area contributed by atoms with Crippen molar-refractivity contribution in [1.82, 2.24) is 4.90 Å². The number of carbonyl (C=O) groups is 3. The van der Waals surface area contributed by atoms with E-state index in [0.717, 1.165) is 22.3 Å². The largest absolute Gasteiger partial charge is 0.492 e. The molecule has 3 rings (SSSR count). The molecule has 0 saturated carbocycles. The molecule has 0 spiro atoms. The summed E-state index contributed by atoms with van der Waals surface area (Å²) in [7, 11) is 0. The van der Waals surface area contributed by atoms with Crippen LogP contribution >= 0.6 is 11.6 Å². The molecule has 0 aliphatic heterocycles. The molecule has 9 nitrogen and oxygen atoms in total. The van der Waals surface area contributed by atoms with Gasteiger partial charge in [0.2, 0.25) is 0 Å². The highest BCUT2D eigenvalue weighted by Gasteiger charge is 2.40. The minimum Gasteiger partial charge on any atom is -0.492 e. The molecule has 4 N–H and O–H groups in total. The van der Waals surface area contributed by atoms with Crippen molar-refractivity contribution in [2.45, 2.75) is 32.3 Å². The first-order valence-corrected chi connectivity index (χ1v) is 13.3. The monoisotopic (exact) mass is 601 g/mol. The van der Waals surface area contributed by atoms with E-state index in [1.165, 1.54) is 4.90 Å². The Labute approximate surface area is 255 Å². The van der Waals surface area contributed by atoms with Gasteiger partial charge in [-0.05, 0) is 41.9 Å². The van der Waals surface area contributed by atoms with Crippen molar-refractivity contribution >= 4 is 40.1 Å². The first kappa shape index (κ1) is 28.0. The number of carboxylic acids is 3. The number of hydrogen-bond acceptors (Lipinski definition) is 6. The summed E-state index contributed by atoms with van der Waals surface area (Å²) >= 11 is 6.85. The van der Waals surface area contributed by atoms with Gasteiger partial charge in [0.1, 0.15) is 12.3 Å². The highest BCUT2D eigenvalue weighted by Crippen LogP contribution is 2.35. The van der Waals surface area contributed by atoms with Crippen LogP contribution in [0.1, 0.15) is 48.9 Å². The van der Waals surface area contributed by atoms with Crippen molar-refractivity contribution in [3.8, 4) is 5.75 Å². The van der Waals surface area contributed by atoms with Crippen LogP contribution in [0.25, 0.3) is 10.6 Å². The van der Waals surface area contributed by atoms with Gasteiger partial charge in [0.05, 0.1) is 20.6 Å². The summed E-state index contributed by atoms with van der Waals surface area (Å²) in [6.45, 7) is -0.509. The number of aliphatic hydroxyl groups is 1. The summed E-state index contributed by atoms with van der Waals surface area (Å²) in [5.41, 5.74) is 0.791. The van der Waals surface area contributed by atoms with Gasteiger partial charge in [0, 0.05) is 14.8 Å². The molecule has 0 amide bonds. The van der Waals surface area contributed by atoms with E-state index in [4.69, 9.17) is 42.2 Å². The number of hydrogen-bond donors (Lipinski definition) is 4. The minimum atomic E-state index is -2.74. The third kappa shape index (κ3) is 10.7. The smallest absolute Gasteiger partial charge is 0.336 e. The van der Waals surface area contributed by atoms with Gasteiger partial charge in [-0.3, -0.25) is 9.59 Å². The van der Waals surface area contributed by atoms with Crippen molar-refractivity contribution in [1.29, 1.82) is 0 Å². The van der Waals surface area contributed by atoms with Gasteiger partial charge in [0.25, 0.3) is 0 Å². The fourth-order valence-corrected chi connectivity index (χ4v) is 4.03. The van der Waals surface area contributed by atoms with Gasteiger partial charge in [-0.1, -0.05) is 98.2 Å². The van der Waals surface area contributed by atoms with Crippen molar-refractivity contribution in [2.24, 2.45) is 0 Å². The Hall–Kier alpha value is -4.18. The van der Waals surface area contributed by atoms with Gasteiger partial charge in [-0.15, -0.1) is 0 Å². The van der Waals surface area contributed by atoms with Crippen LogP contribution in [0.4, 0.5) is 0 Å². The van der Waals surface area contributed by atoms with E-state index in [2.05, 4.69) is 0 Å². The second-order valence-corrected chi connectivity index (χ2v) is 9.29. The molecule has 0 bridgehead atoms. The standard InChI is InChI=1S/C26H28ClNO.C6H8O7/c1-3-28(4-2)19-20-29-24-17-15-22(16-18-24)25(21-11-7-5-8-12-21)26(27)23-13-9-6-10-14-23;7-3(8)1-6(13,5(11)12)2-4(9)10/h5-18H,3-4,19-20H2,1-2H3;13H,1-2H2,(H,7,8)(H,9,10)(H,11,12)/i19D2,20D2;. The Bertz CT molecular complexity index is 1480. The van der Waals surface area contributed by atoms with E-state index in [9.17, 15) is 14.4 Å². The summed E-state index contributed by atoms with van der Waals surface area (Å²) in [4.78, 5) is 31.9. The number of nitrogens with zero attached hydrogens (tertiary/aromatic N) is 1. The van der Waals surface area contributed by atoms with Gasteiger partial charge in [-0.2, -0.15) is 0 Å². The lowest BCUT2D eigenvalue weighted by atomic mass is 9.95. The fraction of sp³-hybridized carbons (Fsp3) is 0.281. The fourth-order valence-electron chi connectivity index (χ4n) is 3.69. The maximum absolute atomic E-state index is 10.3. The Morgan fingerprint density at radius 3 is 1.67 bits per heavy atom. The first-order valence-electron chi connectivity index (χ1n) is 14.9. The molecule has 0 unspecified atom stereocenters. The zero-order valence-corrected chi connectivity index (χ0v) is 23.9. The molecular weight excluding hydrogens is 562 g/mol. The number of carboxylic acid groups (broad SMARTS) is 3. The highest BCUT2D eigenvalue weighted by atomic mass is 35.5. The molecule has 0 heterocycles. The molecule has 0 atom stereocenters. The first-order chi connectivity index (χ1) is 21.5. The van der Waals surface area contributed by atoms with Crippen molar-refractivity contribution < 1.29 is 45.0 Å². The molecule has 0 saturated heterocycles. The Morgan fingerprint density at radius 1 is 0.786 bits per heavy atom. The SMILES string of the molecule is O=C(O)CC(O)(CC(=O)O)C(=O)O.[2H]C([2H])(Oc1ccc(C(=C(Cl)c2ccccc2)c2ccccc2)cc1)C([2H])([2H])N(CC)CC. The third-order valence-corrected chi connectivity index (χ3v) is 6.28. The number of aliphatic carboxylic acids is 3. The van der Waals surface area contributed by atoms with E-state index in [-0.39, 0.29) is 5.75 Å². The summed E-state index contributed by atoms with van der Waals surface area (Å²) in [5, 5.41) is 34.4. The van der Waals surface area contributed by atoms with Crippen molar-refractivity contribution in [3.05, 3.63) is 102 Å². The maximum atomic E-state index is 10.3. The van der Waals surface area contributed by atoms with Crippen LogP contribution in [0.2, 0.25) is 0 Å². The molecule has 0 aromatic heterocycles. The number of likely N-dealkylation sites (N-methyl/N-ethyl adjacent to an activating group) is 1. The van der Waals surface area contributed by atoms with E-state index in [0.29, 0.717) is 18.1 Å². The molecule has 0 aliphatic rings. The van der Waals surface area contributed by atoms with Crippen molar-refractivity contribution in [2.75, 3.05) is 26.1 Å². The predicted molar refractivity (Wildman–Crippen MR) is 161 cm³/mol. The van der Waals surface area contributed by atoms with E-state index >= 15 is 0 Å². The number of rotatable bonds is 14. The van der Waals surface area contributed by atoms with Crippen LogP contribution in [0, 0.1) is 0 Å². The van der Waals surface area contributed by atoms with Gasteiger partial charge in [0.15, 0.2) is 5.60 Å².